The van der Waals surface area contributed by atoms with Crippen LogP contribution in [0.5, 0.6) is 6.01 Å². The largest absolute Gasteiger partial charge is 0.508 e. The van der Waals surface area contributed by atoms with Gasteiger partial charge < -0.3 is 23.8 Å². The van der Waals surface area contributed by atoms with E-state index in [1.54, 1.807) is 18.5 Å². The average molecular weight is 682 g/mol. The number of halogens is 3. The molecule has 48 heavy (non-hydrogen) atoms. The van der Waals surface area contributed by atoms with Gasteiger partial charge in [-0.2, -0.15) is 15.1 Å². The van der Waals surface area contributed by atoms with E-state index in [4.69, 9.17) is 35.5 Å². The van der Waals surface area contributed by atoms with Gasteiger partial charge in [0.15, 0.2) is 5.82 Å². The van der Waals surface area contributed by atoms with E-state index in [0.717, 1.165) is 32.2 Å². The van der Waals surface area contributed by atoms with Crippen LogP contribution in [0.4, 0.5) is 19.4 Å². The SMILES string of the molecule is O=C1OCCc2c(Cl)cc3[nH]ncc3c2-c2ncc3c(nc(OC[C@@]45CCCN4C[C@H](F)C5)nc3c2F)N2CCC[C@]3(C[C@@H](CO3)O1)C2. The molecule has 0 radical (unpaired) electrons. The van der Waals surface area contributed by atoms with Crippen molar-refractivity contribution in [2.45, 2.75) is 68.4 Å². The molecule has 9 heterocycles. The van der Waals surface area contributed by atoms with Crippen LogP contribution >= 0.6 is 11.6 Å². The number of anilines is 1. The molecule has 1 spiro atoms. The Kier molecular flexibility index (Phi) is 7.14. The Balaban J connectivity index is 1.21. The molecule has 4 aromatic rings. The number of aromatic nitrogens is 5. The van der Waals surface area contributed by atoms with Gasteiger partial charge in [0.05, 0.1) is 41.5 Å². The van der Waals surface area contributed by atoms with Gasteiger partial charge in [-0.1, -0.05) is 11.6 Å². The second kappa shape index (κ2) is 11.3. The van der Waals surface area contributed by atoms with E-state index < -0.39 is 35.4 Å². The van der Waals surface area contributed by atoms with Crippen molar-refractivity contribution in [3.63, 3.8) is 0 Å². The Morgan fingerprint density at radius 3 is 2.96 bits per heavy atom. The molecular formula is C33H34ClF2N7O5. The first-order chi connectivity index (χ1) is 23.3. The Hall–Kier alpha value is -3.88. The molecule has 4 atom stereocenters. The molecule has 0 aliphatic carbocycles. The van der Waals surface area contributed by atoms with Crippen molar-refractivity contribution < 1.29 is 32.5 Å². The number of pyridine rings is 1. The minimum atomic E-state index is -0.916. The molecule has 1 N–H and O–H groups in total. The van der Waals surface area contributed by atoms with Gasteiger partial charge in [0.1, 0.15) is 35.9 Å². The van der Waals surface area contributed by atoms with Crippen molar-refractivity contribution >= 4 is 45.4 Å². The number of alkyl halides is 1. The van der Waals surface area contributed by atoms with Crippen molar-refractivity contribution in [1.82, 2.24) is 30.0 Å². The minimum Gasteiger partial charge on any atom is -0.461 e. The van der Waals surface area contributed by atoms with Crippen LogP contribution < -0.4 is 9.64 Å². The first-order valence-corrected chi connectivity index (χ1v) is 16.9. The highest BCUT2D eigenvalue weighted by atomic mass is 35.5. The van der Waals surface area contributed by atoms with Gasteiger partial charge in [-0.05, 0) is 43.9 Å². The van der Waals surface area contributed by atoms with Crippen molar-refractivity contribution in [3.05, 3.63) is 34.9 Å². The molecule has 7 bridgehead atoms. The number of hydrogen-bond donors (Lipinski definition) is 1. The number of carbonyl (C=O) groups is 1. The summed E-state index contributed by atoms with van der Waals surface area (Å²) < 4.78 is 55.4. The fourth-order valence-corrected chi connectivity index (χ4v) is 8.91. The number of benzene rings is 1. The highest BCUT2D eigenvalue weighted by Gasteiger charge is 2.50. The maximum Gasteiger partial charge on any atom is 0.508 e. The van der Waals surface area contributed by atoms with Gasteiger partial charge in [0.2, 0.25) is 0 Å². The third-order valence-corrected chi connectivity index (χ3v) is 11.1. The number of aromatic amines is 1. The molecule has 15 heteroatoms. The second-order valence-corrected chi connectivity index (χ2v) is 14.1. The molecule has 6 aliphatic heterocycles. The summed E-state index contributed by atoms with van der Waals surface area (Å²) in [7, 11) is 0. The van der Waals surface area contributed by atoms with Gasteiger partial charge >= 0.3 is 12.2 Å². The Morgan fingerprint density at radius 2 is 2.04 bits per heavy atom. The fourth-order valence-electron chi connectivity index (χ4n) is 8.61. The zero-order chi connectivity index (χ0) is 32.6. The van der Waals surface area contributed by atoms with Crippen LogP contribution in [0.2, 0.25) is 5.02 Å². The minimum absolute atomic E-state index is 0.0157. The number of H-pyrrole nitrogens is 1. The van der Waals surface area contributed by atoms with Crippen LogP contribution in [0.1, 0.15) is 44.1 Å². The number of piperidine rings is 1. The second-order valence-electron chi connectivity index (χ2n) is 13.7. The predicted molar refractivity (Wildman–Crippen MR) is 171 cm³/mol. The van der Waals surface area contributed by atoms with Gasteiger partial charge in [-0.25, -0.2) is 13.6 Å². The number of nitrogens with zero attached hydrogens (tertiary/aromatic N) is 6. The Morgan fingerprint density at radius 1 is 1.15 bits per heavy atom. The van der Waals surface area contributed by atoms with Crippen LogP contribution in [0.3, 0.4) is 0 Å². The maximum absolute atomic E-state index is 17.1. The number of fused-ring (bicyclic) bond motifs is 7. The van der Waals surface area contributed by atoms with E-state index in [1.165, 1.54) is 0 Å². The molecule has 0 unspecified atom stereocenters. The monoisotopic (exact) mass is 681 g/mol. The lowest BCUT2D eigenvalue weighted by molar-refractivity contribution is -0.0127. The third kappa shape index (κ3) is 4.94. The van der Waals surface area contributed by atoms with Crippen molar-refractivity contribution in [1.29, 1.82) is 0 Å². The molecule has 12 nitrogen and oxygen atoms in total. The zero-order valence-corrected chi connectivity index (χ0v) is 26.9. The molecule has 3 aromatic heterocycles. The fraction of sp³-hybridized carbons (Fsp3) is 0.545. The molecule has 252 valence electrons. The molecular weight excluding hydrogens is 648 g/mol. The third-order valence-electron chi connectivity index (χ3n) is 10.8. The lowest BCUT2D eigenvalue weighted by Gasteiger charge is -2.40. The summed E-state index contributed by atoms with van der Waals surface area (Å²) in [6.45, 7) is 2.65. The van der Waals surface area contributed by atoms with Gasteiger partial charge in [-0.15, -0.1) is 0 Å². The van der Waals surface area contributed by atoms with Crippen LogP contribution in [0.15, 0.2) is 18.5 Å². The molecule has 4 fully saturated rings. The van der Waals surface area contributed by atoms with E-state index in [-0.39, 0.29) is 43.5 Å². The summed E-state index contributed by atoms with van der Waals surface area (Å²) in [5.74, 6) is -0.204. The smallest absolute Gasteiger partial charge is 0.461 e. The molecule has 0 amide bonds. The van der Waals surface area contributed by atoms with Crippen LogP contribution in [0.25, 0.3) is 33.1 Å². The van der Waals surface area contributed by atoms with Gasteiger partial charge in [-0.3, -0.25) is 15.0 Å². The number of nitrogens with one attached hydrogen (secondary N) is 1. The molecule has 6 aliphatic rings. The molecule has 0 saturated carbocycles. The summed E-state index contributed by atoms with van der Waals surface area (Å²) in [5, 5.41) is 8.43. The lowest BCUT2D eigenvalue weighted by atomic mass is 9.89. The number of ether oxygens (including phenoxy) is 4. The molecule has 1 aromatic carbocycles. The quantitative estimate of drug-likeness (QED) is 0.288. The normalized spacial score (nSPS) is 28.9. The van der Waals surface area contributed by atoms with Crippen molar-refractivity contribution in [2.75, 3.05) is 50.9 Å². The number of rotatable bonds is 3. The lowest BCUT2D eigenvalue weighted by Crippen LogP contribution is -2.48. The van der Waals surface area contributed by atoms with Gasteiger partial charge in [0, 0.05) is 61.1 Å². The molecule has 4 saturated heterocycles. The summed E-state index contributed by atoms with van der Waals surface area (Å²) >= 11 is 6.77. The van der Waals surface area contributed by atoms with E-state index >= 15 is 4.39 Å². The Labute approximate surface area is 279 Å². The Bertz CT molecular complexity index is 1950. The highest BCUT2D eigenvalue weighted by molar-refractivity contribution is 6.33. The average Bonchev–Trinajstić information content (AvgIpc) is 3.84. The summed E-state index contributed by atoms with van der Waals surface area (Å²) in [5.41, 5.74) is 0.572. The van der Waals surface area contributed by atoms with E-state index in [9.17, 15) is 9.18 Å². The first kappa shape index (κ1) is 30.2. The number of carbonyl (C=O) groups excluding carboxylic acids is 1. The van der Waals surface area contributed by atoms with Crippen molar-refractivity contribution in [3.8, 4) is 17.3 Å². The van der Waals surface area contributed by atoms with Gasteiger partial charge in [0.25, 0.3) is 0 Å². The molecule has 10 rings (SSSR count). The zero-order valence-electron chi connectivity index (χ0n) is 26.1. The summed E-state index contributed by atoms with van der Waals surface area (Å²) in [6, 6.07) is 1.72. The first-order valence-electron chi connectivity index (χ1n) is 16.6. The van der Waals surface area contributed by atoms with E-state index in [1.807, 2.05) is 4.90 Å². The highest BCUT2D eigenvalue weighted by Crippen LogP contribution is 2.43. The van der Waals surface area contributed by atoms with Crippen LogP contribution in [0, 0.1) is 5.82 Å². The van der Waals surface area contributed by atoms with Crippen LogP contribution in [-0.2, 0) is 20.6 Å². The maximum atomic E-state index is 17.1. The van der Waals surface area contributed by atoms with Crippen molar-refractivity contribution in [2.24, 2.45) is 0 Å². The topological polar surface area (TPSA) is 128 Å². The summed E-state index contributed by atoms with van der Waals surface area (Å²) in [6.07, 6.45) is 5.33. The number of hydrogen-bond acceptors (Lipinski definition) is 11. The van der Waals surface area contributed by atoms with E-state index in [0.29, 0.717) is 70.7 Å². The van der Waals surface area contributed by atoms with E-state index in [2.05, 4.69) is 25.1 Å². The summed E-state index contributed by atoms with van der Waals surface area (Å²) in [4.78, 5) is 31.1. The van der Waals surface area contributed by atoms with Crippen LogP contribution in [-0.4, -0.2) is 106 Å². The predicted octanol–water partition coefficient (Wildman–Crippen LogP) is 5.15. The standard InChI is InChI=1S/C33H34ClF2N7O5/c34-23-9-24-21(13-38-41-24)25-20(23)3-8-45-31(44)48-19-11-33(47-15-19)5-2-6-42(16-33)29-22-12-37-28(25)26(36)27(22)39-30(40-29)46-17-32-4-1-7-43(32)14-18(35)10-32/h9,12-13,18-19H,1-8,10-11,14-17H2,(H,38,41)/t18-,19+,32+,33+/m1/s1.